The monoisotopic (exact) mass is 195 g/mol. The van der Waals surface area contributed by atoms with E-state index in [1.807, 2.05) is 13.8 Å². The molecule has 2 aromatic rings. The predicted molar refractivity (Wildman–Crippen MR) is 50.4 cm³/mol. The Labute approximate surface area is 79.8 Å². The zero-order valence-electron chi connectivity index (χ0n) is 7.87. The second kappa shape index (κ2) is 3.21. The van der Waals surface area contributed by atoms with Gasteiger partial charge in [0.1, 0.15) is 11.8 Å². The molecule has 0 aliphatic rings. The van der Waals surface area contributed by atoms with Crippen LogP contribution in [0.2, 0.25) is 0 Å². The second-order valence-electron chi connectivity index (χ2n) is 3.25. The predicted octanol–water partition coefficient (Wildman–Crippen LogP) is 1.31. The molecule has 0 amide bonds. The highest BCUT2D eigenvalue weighted by Crippen LogP contribution is 2.16. The lowest BCUT2D eigenvalue weighted by Crippen LogP contribution is -2.11. The largest absolute Gasteiger partial charge is 0.366 e. The van der Waals surface area contributed by atoms with Gasteiger partial charge >= 0.3 is 0 Å². The minimum absolute atomic E-state index is 0.222. The first-order valence-corrected chi connectivity index (χ1v) is 4.29. The maximum Gasteiger partial charge on any atom is 0.289 e. The molecule has 0 saturated heterocycles. The van der Waals surface area contributed by atoms with E-state index in [1.54, 1.807) is 0 Å². The number of halogens is 1. The third-order valence-corrected chi connectivity index (χ3v) is 1.68. The lowest BCUT2D eigenvalue weighted by Gasteiger charge is -2.08. The number of aromatic nitrogens is 4. The van der Waals surface area contributed by atoms with Crippen molar-refractivity contribution in [2.45, 2.75) is 19.9 Å². The van der Waals surface area contributed by atoms with E-state index in [0.29, 0.717) is 17.0 Å². The van der Waals surface area contributed by atoms with Crippen molar-refractivity contribution in [3.8, 4) is 0 Å². The molecule has 2 N–H and O–H groups in total. The number of H-pyrrole nitrogens is 1. The molecule has 0 spiro atoms. The van der Waals surface area contributed by atoms with Crippen LogP contribution in [0.1, 0.15) is 13.8 Å². The van der Waals surface area contributed by atoms with E-state index in [4.69, 9.17) is 0 Å². The Hall–Kier alpha value is -1.72. The fourth-order valence-corrected chi connectivity index (χ4v) is 1.18. The highest BCUT2D eigenvalue weighted by molar-refractivity contribution is 5.82. The Morgan fingerprint density at radius 3 is 2.93 bits per heavy atom. The average Bonchev–Trinajstić information content (AvgIpc) is 2.45. The molecule has 0 fully saturated rings. The van der Waals surface area contributed by atoms with Crippen molar-refractivity contribution in [3.05, 3.63) is 12.4 Å². The molecule has 0 atom stereocenters. The number of aromatic amines is 1. The van der Waals surface area contributed by atoms with Crippen LogP contribution < -0.4 is 5.32 Å². The number of anilines is 1. The lowest BCUT2D eigenvalue weighted by atomic mass is 10.4. The number of imidazole rings is 1. The molecule has 0 unspecified atom stereocenters. The van der Waals surface area contributed by atoms with Gasteiger partial charge in [0.2, 0.25) is 0 Å². The summed E-state index contributed by atoms with van der Waals surface area (Å²) in [6.45, 7) is 3.95. The molecular formula is C8H10FN5. The number of rotatable bonds is 2. The van der Waals surface area contributed by atoms with Gasteiger partial charge in [-0.1, -0.05) is 0 Å². The molecule has 0 saturated carbocycles. The Balaban J connectivity index is 2.53. The standard InChI is InChI=1S/C8H10FN5/c1-4(2)12-6-5-7(11-3-10-6)14-8(9)13-5/h3-4H,1-2H3,(H2,10,11,12,13,14). The maximum absolute atomic E-state index is 12.8. The van der Waals surface area contributed by atoms with Crippen LogP contribution in [0.4, 0.5) is 10.2 Å². The summed E-state index contributed by atoms with van der Waals surface area (Å²) in [5, 5.41) is 3.07. The van der Waals surface area contributed by atoms with Gasteiger partial charge in [-0.3, -0.25) is 0 Å². The summed E-state index contributed by atoms with van der Waals surface area (Å²) in [4.78, 5) is 13.9. The lowest BCUT2D eigenvalue weighted by molar-refractivity contribution is 0.556. The van der Waals surface area contributed by atoms with Crippen molar-refractivity contribution >= 4 is 17.0 Å². The molecule has 2 rings (SSSR count). The summed E-state index contributed by atoms with van der Waals surface area (Å²) < 4.78 is 12.8. The Morgan fingerprint density at radius 2 is 2.21 bits per heavy atom. The molecule has 74 valence electrons. The minimum Gasteiger partial charge on any atom is -0.366 e. The third-order valence-electron chi connectivity index (χ3n) is 1.68. The van der Waals surface area contributed by atoms with Crippen molar-refractivity contribution in [1.29, 1.82) is 0 Å². The fourth-order valence-electron chi connectivity index (χ4n) is 1.18. The summed E-state index contributed by atoms with van der Waals surface area (Å²) in [6.07, 6.45) is 0.708. The van der Waals surface area contributed by atoms with E-state index < -0.39 is 6.08 Å². The normalized spacial score (nSPS) is 11.1. The Bertz CT molecular complexity index is 450. The van der Waals surface area contributed by atoms with E-state index in [2.05, 4.69) is 25.3 Å². The molecule has 0 aliphatic carbocycles. The molecule has 0 aliphatic heterocycles. The van der Waals surface area contributed by atoms with E-state index >= 15 is 0 Å². The molecule has 5 nitrogen and oxygen atoms in total. The van der Waals surface area contributed by atoms with Gasteiger partial charge in [0.15, 0.2) is 11.5 Å². The van der Waals surface area contributed by atoms with Crippen molar-refractivity contribution in [2.24, 2.45) is 0 Å². The first-order valence-electron chi connectivity index (χ1n) is 4.29. The number of hydrogen-bond donors (Lipinski definition) is 2. The number of hydrogen-bond acceptors (Lipinski definition) is 4. The van der Waals surface area contributed by atoms with Gasteiger partial charge in [-0.15, -0.1) is 0 Å². The minimum atomic E-state index is -0.646. The zero-order chi connectivity index (χ0) is 10.1. The first-order chi connectivity index (χ1) is 6.66. The zero-order valence-corrected chi connectivity index (χ0v) is 7.87. The van der Waals surface area contributed by atoms with Crippen molar-refractivity contribution < 1.29 is 4.39 Å². The Kier molecular flexibility index (Phi) is 2.03. The van der Waals surface area contributed by atoms with E-state index in [1.165, 1.54) is 6.33 Å². The number of nitrogens with one attached hydrogen (secondary N) is 2. The highest BCUT2D eigenvalue weighted by atomic mass is 19.1. The molecule has 2 heterocycles. The summed E-state index contributed by atoms with van der Waals surface area (Å²) in [5.74, 6) is 0.571. The van der Waals surface area contributed by atoms with Crippen LogP contribution in [0.3, 0.4) is 0 Å². The van der Waals surface area contributed by atoms with Crippen LogP contribution >= 0.6 is 0 Å². The fraction of sp³-hybridized carbons (Fsp3) is 0.375. The summed E-state index contributed by atoms with van der Waals surface area (Å²) in [5.41, 5.74) is 0.833. The van der Waals surface area contributed by atoms with Crippen molar-refractivity contribution in [3.63, 3.8) is 0 Å². The molecule has 14 heavy (non-hydrogen) atoms. The van der Waals surface area contributed by atoms with Gasteiger partial charge in [-0.05, 0) is 13.8 Å². The topological polar surface area (TPSA) is 66.5 Å². The van der Waals surface area contributed by atoms with Crippen molar-refractivity contribution in [2.75, 3.05) is 5.32 Å². The second-order valence-corrected chi connectivity index (χ2v) is 3.25. The molecule has 2 aromatic heterocycles. The molecule has 0 aromatic carbocycles. The van der Waals surface area contributed by atoms with Crippen LogP contribution in [-0.2, 0) is 0 Å². The molecule has 0 bridgehead atoms. The Morgan fingerprint density at radius 1 is 1.43 bits per heavy atom. The first kappa shape index (κ1) is 8.86. The smallest absolute Gasteiger partial charge is 0.289 e. The van der Waals surface area contributed by atoms with Crippen LogP contribution in [0.25, 0.3) is 11.2 Å². The van der Waals surface area contributed by atoms with Crippen LogP contribution in [-0.4, -0.2) is 26.0 Å². The van der Waals surface area contributed by atoms with Gasteiger partial charge in [0.05, 0.1) is 0 Å². The maximum atomic E-state index is 12.8. The summed E-state index contributed by atoms with van der Waals surface area (Å²) in [6, 6.07) is 0.222. The van der Waals surface area contributed by atoms with Crippen LogP contribution in [0.15, 0.2) is 6.33 Å². The third kappa shape index (κ3) is 1.50. The average molecular weight is 195 g/mol. The summed E-state index contributed by atoms with van der Waals surface area (Å²) in [7, 11) is 0. The number of nitrogens with zero attached hydrogens (tertiary/aromatic N) is 3. The van der Waals surface area contributed by atoms with Gasteiger partial charge in [0, 0.05) is 6.04 Å². The van der Waals surface area contributed by atoms with Gasteiger partial charge in [-0.25, -0.2) is 9.97 Å². The quantitative estimate of drug-likeness (QED) is 0.709. The molecular weight excluding hydrogens is 185 g/mol. The van der Waals surface area contributed by atoms with Gasteiger partial charge in [-0.2, -0.15) is 9.37 Å². The molecule has 0 radical (unpaired) electrons. The van der Waals surface area contributed by atoms with E-state index in [0.717, 1.165) is 0 Å². The van der Waals surface area contributed by atoms with Crippen LogP contribution in [0, 0.1) is 6.08 Å². The molecule has 6 heteroatoms. The van der Waals surface area contributed by atoms with E-state index in [9.17, 15) is 4.39 Å². The summed E-state index contributed by atoms with van der Waals surface area (Å²) >= 11 is 0. The SMILES string of the molecule is CC(C)Nc1ncnc2nc(F)[nH]c12. The number of fused-ring (bicyclic) bond motifs is 1. The van der Waals surface area contributed by atoms with Crippen LogP contribution in [0.5, 0.6) is 0 Å². The van der Waals surface area contributed by atoms with Gasteiger partial charge in [0.25, 0.3) is 6.08 Å². The van der Waals surface area contributed by atoms with Gasteiger partial charge < -0.3 is 10.3 Å². The highest BCUT2D eigenvalue weighted by Gasteiger charge is 2.09. The van der Waals surface area contributed by atoms with E-state index in [-0.39, 0.29) is 6.04 Å². The van der Waals surface area contributed by atoms with Crippen molar-refractivity contribution in [1.82, 2.24) is 19.9 Å².